The molecule has 1 N–H and O–H groups in total. The van der Waals surface area contributed by atoms with E-state index in [2.05, 4.69) is 19.6 Å². The van der Waals surface area contributed by atoms with Crippen molar-refractivity contribution in [3.8, 4) is 0 Å². The number of ether oxygens (including phenoxy) is 1. The maximum atomic E-state index is 11.8. The zero-order chi connectivity index (χ0) is 15.2. The summed E-state index contributed by atoms with van der Waals surface area (Å²) in [5, 5.41) is 3.66. The zero-order valence-corrected chi connectivity index (χ0v) is 12.4. The lowest BCUT2D eigenvalue weighted by Gasteiger charge is -2.16. The molecule has 0 aromatic carbocycles. The van der Waals surface area contributed by atoms with Gasteiger partial charge in [0, 0.05) is 33.5 Å². The number of nitrogens with one attached hydrogen (secondary N) is 1. The van der Waals surface area contributed by atoms with Gasteiger partial charge in [-0.2, -0.15) is 17.7 Å². The predicted molar refractivity (Wildman–Crippen MR) is 68.9 cm³/mol. The summed E-state index contributed by atoms with van der Waals surface area (Å²) < 4.78 is 36.3. The summed E-state index contributed by atoms with van der Waals surface area (Å²) in [6, 6.07) is 0. The second-order valence-corrected chi connectivity index (χ2v) is 5.89. The molecule has 0 aliphatic carbocycles. The molecule has 0 aliphatic rings. The van der Waals surface area contributed by atoms with Gasteiger partial charge in [-0.1, -0.05) is 5.16 Å². The lowest BCUT2D eigenvalue weighted by molar-refractivity contribution is -0.140. The van der Waals surface area contributed by atoms with Crippen molar-refractivity contribution in [1.29, 1.82) is 0 Å². The van der Waals surface area contributed by atoms with Gasteiger partial charge in [0.1, 0.15) is 0 Å². The Kier molecular flexibility index (Phi) is 6.05. The van der Waals surface area contributed by atoms with Gasteiger partial charge >= 0.3 is 5.97 Å². The minimum absolute atomic E-state index is 0.00204. The lowest BCUT2D eigenvalue weighted by Crippen LogP contribution is -2.40. The minimum Gasteiger partial charge on any atom is -0.469 e. The number of nitrogens with zero attached hydrogens (tertiary/aromatic N) is 3. The van der Waals surface area contributed by atoms with E-state index in [1.165, 1.54) is 14.2 Å². The molecule has 0 atom stereocenters. The molecule has 20 heavy (non-hydrogen) atoms. The Labute approximate surface area is 117 Å². The van der Waals surface area contributed by atoms with Gasteiger partial charge in [0.15, 0.2) is 5.82 Å². The number of carbonyl (C=O) groups excluding carboxylic acids is 1. The van der Waals surface area contributed by atoms with Gasteiger partial charge in [0.05, 0.1) is 13.5 Å². The van der Waals surface area contributed by atoms with E-state index >= 15 is 0 Å². The number of rotatable bonds is 8. The van der Waals surface area contributed by atoms with Crippen LogP contribution in [0.15, 0.2) is 4.52 Å². The predicted octanol–water partition coefficient (Wildman–Crippen LogP) is -0.750. The lowest BCUT2D eigenvalue weighted by atomic mass is 10.4. The first-order chi connectivity index (χ1) is 9.35. The van der Waals surface area contributed by atoms with E-state index in [0.717, 1.165) is 4.31 Å². The van der Waals surface area contributed by atoms with Crippen LogP contribution in [0.3, 0.4) is 0 Å². The summed E-state index contributed by atoms with van der Waals surface area (Å²) in [6.07, 6.45) is 0.319. The van der Waals surface area contributed by atoms with Crippen LogP contribution in [0.4, 0.5) is 0 Å². The summed E-state index contributed by atoms with van der Waals surface area (Å²) in [6.45, 7) is 1.84. The van der Waals surface area contributed by atoms with E-state index < -0.39 is 16.2 Å². The van der Waals surface area contributed by atoms with E-state index in [1.807, 2.05) is 0 Å². The standard InChI is InChI=1S/C10H18N4O5S/c1-8-12-9(13-19-8)4-6-11-20(16,17)14(2)7-5-10(15)18-3/h11H,4-7H2,1-3H3. The normalized spacial score (nSPS) is 11.8. The van der Waals surface area contributed by atoms with E-state index in [9.17, 15) is 13.2 Å². The highest BCUT2D eigenvalue weighted by molar-refractivity contribution is 7.87. The van der Waals surface area contributed by atoms with Crippen molar-refractivity contribution in [2.45, 2.75) is 19.8 Å². The Morgan fingerprint density at radius 1 is 1.50 bits per heavy atom. The summed E-state index contributed by atoms with van der Waals surface area (Å²) in [5.74, 6) is 0.398. The summed E-state index contributed by atoms with van der Waals surface area (Å²) in [7, 11) is -1.01. The second kappa shape index (κ2) is 7.31. The molecule has 0 amide bonds. The first kappa shape index (κ1) is 16.5. The number of carbonyl (C=O) groups is 1. The van der Waals surface area contributed by atoms with Crippen molar-refractivity contribution in [3.63, 3.8) is 0 Å². The summed E-state index contributed by atoms with van der Waals surface area (Å²) >= 11 is 0. The molecule has 0 saturated carbocycles. The largest absolute Gasteiger partial charge is 0.469 e. The first-order valence-electron chi connectivity index (χ1n) is 5.92. The van der Waals surface area contributed by atoms with Gasteiger partial charge in [-0.15, -0.1) is 0 Å². The van der Waals surface area contributed by atoms with Gasteiger partial charge < -0.3 is 9.26 Å². The van der Waals surface area contributed by atoms with Crippen molar-refractivity contribution >= 4 is 16.2 Å². The topological polar surface area (TPSA) is 115 Å². The molecule has 10 heteroatoms. The first-order valence-corrected chi connectivity index (χ1v) is 7.36. The third-order valence-corrected chi connectivity index (χ3v) is 4.04. The number of methoxy groups -OCH3 is 1. The maximum Gasteiger partial charge on any atom is 0.306 e. The molecule has 1 heterocycles. The van der Waals surface area contributed by atoms with Crippen molar-refractivity contribution in [2.75, 3.05) is 27.2 Å². The van der Waals surface area contributed by atoms with Crippen molar-refractivity contribution in [1.82, 2.24) is 19.2 Å². The van der Waals surface area contributed by atoms with Gasteiger partial charge in [-0.05, 0) is 0 Å². The second-order valence-electron chi connectivity index (χ2n) is 4.03. The van der Waals surface area contributed by atoms with Crippen LogP contribution in [0, 0.1) is 6.92 Å². The van der Waals surface area contributed by atoms with Crippen LogP contribution in [0.25, 0.3) is 0 Å². The van der Waals surface area contributed by atoms with Crippen LogP contribution < -0.4 is 4.72 Å². The Balaban J connectivity index is 2.38. The van der Waals surface area contributed by atoms with Gasteiger partial charge in [-0.3, -0.25) is 4.79 Å². The Hall–Kier alpha value is -1.52. The fraction of sp³-hybridized carbons (Fsp3) is 0.700. The van der Waals surface area contributed by atoms with E-state index in [4.69, 9.17) is 4.52 Å². The van der Waals surface area contributed by atoms with Crippen LogP contribution in [0.1, 0.15) is 18.1 Å². The van der Waals surface area contributed by atoms with Crippen molar-refractivity contribution in [3.05, 3.63) is 11.7 Å². The molecule has 0 aliphatic heterocycles. The highest BCUT2D eigenvalue weighted by atomic mass is 32.2. The quantitative estimate of drug-likeness (QED) is 0.628. The van der Waals surface area contributed by atoms with Crippen LogP contribution in [-0.2, 0) is 26.2 Å². The zero-order valence-electron chi connectivity index (χ0n) is 11.6. The average molecular weight is 306 g/mol. The fourth-order valence-corrected chi connectivity index (χ4v) is 2.23. The minimum atomic E-state index is -3.64. The molecule has 114 valence electrons. The maximum absolute atomic E-state index is 11.8. The molecule has 1 aromatic rings. The Morgan fingerprint density at radius 2 is 2.20 bits per heavy atom. The van der Waals surface area contributed by atoms with Gasteiger partial charge in [0.25, 0.3) is 10.2 Å². The third-order valence-electron chi connectivity index (χ3n) is 2.47. The smallest absolute Gasteiger partial charge is 0.306 e. The molecule has 0 bridgehead atoms. The number of aryl methyl sites for hydroxylation is 1. The highest BCUT2D eigenvalue weighted by Gasteiger charge is 2.18. The van der Waals surface area contributed by atoms with Crippen LogP contribution in [-0.4, -0.2) is 56.1 Å². The monoisotopic (exact) mass is 306 g/mol. The average Bonchev–Trinajstić information content (AvgIpc) is 2.80. The Morgan fingerprint density at radius 3 is 2.75 bits per heavy atom. The highest BCUT2D eigenvalue weighted by Crippen LogP contribution is 1.99. The molecule has 0 fully saturated rings. The van der Waals surface area contributed by atoms with Crippen molar-refractivity contribution < 1.29 is 22.5 Å². The van der Waals surface area contributed by atoms with Gasteiger partial charge in [0.2, 0.25) is 5.89 Å². The fourth-order valence-electron chi connectivity index (χ4n) is 1.32. The molecular weight excluding hydrogens is 288 g/mol. The summed E-state index contributed by atoms with van der Waals surface area (Å²) in [4.78, 5) is 14.9. The number of esters is 1. The number of hydrogen-bond acceptors (Lipinski definition) is 7. The molecule has 0 spiro atoms. The van der Waals surface area contributed by atoms with Crippen LogP contribution in [0.5, 0.6) is 0 Å². The number of hydrogen-bond donors (Lipinski definition) is 1. The molecule has 0 radical (unpaired) electrons. The third kappa shape index (κ3) is 5.23. The SMILES string of the molecule is COC(=O)CCN(C)S(=O)(=O)NCCc1noc(C)n1. The van der Waals surface area contributed by atoms with Crippen LogP contribution >= 0.6 is 0 Å². The summed E-state index contributed by atoms with van der Waals surface area (Å²) in [5.41, 5.74) is 0. The molecule has 1 rings (SSSR count). The molecule has 1 aromatic heterocycles. The van der Waals surface area contributed by atoms with E-state index in [1.54, 1.807) is 6.92 Å². The number of aromatic nitrogens is 2. The Bertz CT molecular complexity index is 542. The molecular formula is C10H18N4O5S. The molecule has 0 unspecified atom stereocenters. The van der Waals surface area contributed by atoms with Gasteiger partial charge in [-0.25, -0.2) is 4.72 Å². The molecule has 9 nitrogen and oxygen atoms in total. The molecule has 0 saturated heterocycles. The van der Waals surface area contributed by atoms with Crippen LogP contribution in [0.2, 0.25) is 0 Å². The van der Waals surface area contributed by atoms with Crippen molar-refractivity contribution in [2.24, 2.45) is 0 Å². The van der Waals surface area contributed by atoms with E-state index in [-0.39, 0.29) is 19.5 Å². The van der Waals surface area contributed by atoms with E-state index in [0.29, 0.717) is 18.1 Å².